The Balaban J connectivity index is 2.09. The molecular formula is C19H20O6S. The molecule has 138 valence electrons. The first-order chi connectivity index (χ1) is 12.3. The van der Waals surface area contributed by atoms with Crippen LogP contribution in [0.1, 0.15) is 40.7 Å². The summed E-state index contributed by atoms with van der Waals surface area (Å²) in [5.74, 6) is 0.458. The number of ketones is 1. The lowest BCUT2D eigenvalue weighted by Crippen LogP contribution is -2.13. The van der Waals surface area contributed by atoms with Crippen molar-refractivity contribution in [3.05, 3.63) is 47.0 Å². The van der Waals surface area contributed by atoms with E-state index in [1.54, 1.807) is 12.1 Å². The van der Waals surface area contributed by atoms with Crippen LogP contribution in [0.3, 0.4) is 0 Å². The van der Waals surface area contributed by atoms with Crippen molar-refractivity contribution in [2.24, 2.45) is 0 Å². The van der Waals surface area contributed by atoms with E-state index in [4.69, 9.17) is 13.7 Å². The van der Waals surface area contributed by atoms with Gasteiger partial charge in [0.25, 0.3) is 0 Å². The Labute approximate surface area is 152 Å². The number of rotatable bonds is 5. The molecule has 0 saturated carbocycles. The zero-order chi connectivity index (χ0) is 19.1. The van der Waals surface area contributed by atoms with E-state index in [2.05, 4.69) is 0 Å². The van der Waals surface area contributed by atoms with Gasteiger partial charge in [0, 0.05) is 12.5 Å². The standard InChI is InChI=1S/C19H20O6S/c1-11-5-7-16(19-14(20)9-12(2)18(11)19)25-26(21,22)17-10-13(23-3)6-8-15(17)24-4/h5-8,10,12H,9H2,1-4H3. The van der Waals surface area contributed by atoms with Crippen molar-refractivity contribution in [2.75, 3.05) is 14.2 Å². The lowest BCUT2D eigenvalue weighted by atomic mass is 9.98. The number of fused-ring (bicyclic) bond motifs is 1. The zero-order valence-corrected chi connectivity index (χ0v) is 15.8. The maximum atomic E-state index is 12.9. The van der Waals surface area contributed by atoms with Crippen molar-refractivity contribution in [3.8, 4) is 17.2 Å². The number of carbonyl (C=O) groups is 1. The Kier molecular flexibility index (Phi) is 4.66. The number of Topliss-reactive ketones (excluding diaryl/α,β-unsaturated/α-hetero) is 1. The molecule has 2 aromatic rings. The summed E-state index contributed by atoms with van der Waals surface area (Å²) in [5, 5.41) is 0. The molecule has 0 heterocycles. The number of hydrogen-bond donors (Lipinski definition) is 0. The molecule has 0 saturated heterocycles. The molecule has 0 fully saturated rings. The van der Waals surface area contributed by atoms with Gasteiger partial charge >= 0.3 is 10.1 Å². The Morgan fingerprint density at radius 1 is 1.04 bits per heavy atom. The summed E-state index contributed by atoms with van der Waals surface area (Å²) in [6, 6.07) is 7.69. The highest BCUT2D eigenvalue weighted by molar-refractivity contribution is 7.87. The highest BCUT2D eigenvalue weighted by atomic mass is 32.2. The maximum Gasteiger partial charge on any atom is 0.343 e. The van der Waals surface area contributed by atoms with Crippen molar-refractivity contribution < 1.29 is 26.9 Å². The number of benzene rings is 2. The first-order valence-corrected chi connectivity index (χ1v) is 9.52. The molecule has 1 aliphatic rings. The van der Waals surface area contributed by atoms with Crippen molar-refractivity contribution >= 4 is 15.9 Å². The molecule has 0 bridgehead atoms. The monoisotopic (exact) mass is 376 g/mol. The lowest BCUT2D eigenvalue weighted by Gasteiger charge is -2.15. The summed E-state index contributed by atoms with van der Waals surface area (Å²) in [7, 11) is -1.41. The maximum absolute atomic E-state index is 12.9. The van der Waals surface area contributed by atoms with Gasteiger partial charge in [-0.2, -0.15) is 8.42 Å². The Bertz CT molecular complexity index is 978. The fourth-order valence-corrected chi connectivity index (χ4v) is 4.44. The van der Waals surface area contributed by atoms with Crippen LogP contribution in [-0.4, -0.2) is 28.4 Å². The number of ether oxygens (including phenoxy) is 2. The van der Waals surface area contributed by atoms with Crippen molar-refractivity contribution in [1.29, 1.82) is 0 Å². The molecule has 0 N–H and O–H groups in total. The highest BCUT2D eigenvalue weighted by Gasteiger charge is 2.33. The van der Waals surface area contributed by atoms with Gasteiger partial charge in [-0.25, -0.2) is 0 Å². The van der Waals surface area contributed by atoms with E-state index < -0.39 is 10.1 Å². The SMILES string of the molecule is COc1ccc(OC)c(S(=O)(=O)Oc2ccc(C)c3c2C(=O)CC3C)c1. The van der Waals surface area contributed by atoms with Crippen LogP contribution in [0.5, 0.6) is 17.2 Å². The van der Waals surface area contributed by atoms with Crippen LogP contribution in [0.2, 0.25) is 0 Å². The van der Waals surface area contributed by atoms with Crippen LogP contribution < -0.4 is 13.7 Å². The molecule has 6 nitrogen and oxygen atoms in total. The van der Waals surface area contributed by atoms with Crippen molar-refractivity contribution in [2.45, 2.75) is 31.1 Å². The van der Waals surface area contributed by atoms with Gasteiger partial charge in [-0.05, 0) is 42.2 Å². The molecule has 0 aromatic heterocycles. The van der Waals surface area contributed by atoms with E-state index in [0.29, 0.717) is 17.7 Å². The molecule has 1 unspecified atom stereocenters. The normalized spacial score (nSPS) is 16.3. The molecule has 26 heavy (non-hydrogen) atoms. The average molecular weight is 376 g/mol. The van der Waals surface area contributed by atoms with Gasteiger partial charge in [0.2, 0.25) is 0 Å². The summed E-state index contributed by atoms with van der Waals surface area (Å²) in [6.45, 7) is 3.84. The second-order valence-electron chi connectivity index (χ2n) is 6.25. The minimum absolute atomic E-state index is 0.0371. The molecule has 0 spiro atoms. The summed E-state index contributed by atoms with van der Waals surface area (Å²) in [4.78, 5) is 12.2. The highest BCUT2D eigenvalue weighted by Crippen LogP contribution is 2.41. The van der Waals surface area contributed by atoms with Crippen molar-refractivity contribution in [1.82, 2.24) is 0 Å². The molecule has 0 aliphatic heterocycles. The van der Waals surface area contributed by atoms with Crippen LogP contribution in [0.4, 0.5) is 0 Å². The van der Waals surface area contributed by atoms with E-state index in [0.717, 1.165) is 11.1 Å². The summed E-state index contributed by atoms with van der Waals surface area (Å²) in [6.07, 6.45) is 0.346. The fraction of sp³-hybridized carbons (Fsp3) is 0.316. The quantitative estimate of drug-likeness (QED) is 0.744. The molecule has 1 aliphatic carbocycles. The fourth-order valence-electron chi connectivity index (χ4n) is 3.32. The second kappa shape index (κ2) is 6.64. The third-order valence-corrected chi connectivity index (χ3v) is 5.78. The van der Waals surface area contributed by atoms with Crippen LogP contribution in [0.25, 0.3) is 0 Å². The van der Waals surface area contributed by atoms with Gasteiger partial charge in [0.15, 0.2) is 16.4 Å². The molecule has 0 radical (unpaired) electrons. The van der Waals surface area contributed by atoms with Crippen LogP contribution in [-0.2, 0) is 10.1 Å². The van der Waals surface area contributed by atoms with Gasteiger partial charge < -0.3 is 13.7 Å². The predicted octanol–water partition coefficient (Wildman–Crippen LogP) is 3.47. The van der Waals surface area contributed by atoms with Gasteiger partial charge in [-0.15, -0.1) is 0 Å². The van der Waals surface area contributed by atoms with Crippen molar-refractivity contribution in [3.63, 3.8) is 0 Å². The largest absolute Gasteiger partial charge is 0.497 e. The number of methoxy groups -OCH3 is 2. The predicted molar refractivity (Wildman–Crippen MR) is 95.9 cm³/mol. The number of hydrogen-bond acceptors (Lipinski definition) is 6. The summed E-state index contributed by atoms with van der Waals surface area (Å²) < 4.78 is 41.3. The van der Waals surface area contributed by atoms with Crippen LogP contribution in [0, 0.1) is 6.92 Å². The minimum Gasteiger partial charge on any atom is -0.497 e. The van der Waals surface area contributed by atoms with E-state index in [1.165, 1.54) is 32.4 Å². The molecular weight excluding hydrogens is 356 g/mol. The number of carbonyl (C=O) groups excluding carboxylic acids is 1. The Morgan fingerprint density at radius 2 is 1.73 bits per heavy atom. The minimum atomic E-state index is -4.22. The molecule has 3 rings (SSSR count). The third-order valence-electron chi connectivity index (χ3n) is 4.53. The summed E-state index contributed by atoms with van der Waals surface area (Å²) in [5.41, 5.74) is 2.14. The number of aryl methyl sites for hydroxylation is 1. The average Bonchev–Trinajstić information content (AvgIpc) is 2.92. The van der Waals surface area contributed by atoms with E-state index in [1.807, 2.05) is 13.8 Å². The lowest BCUT2D eigenvalue weighted by molar-refractivity contribution is 0.0989. The smallest absolute Gasteiger partial charge is 0.343 e. The second-order valence-corrected chi connectivity index (χ2v) is 7.77. The Morgan fingerprint density at radius 3 is 2.38 bits per heavy atom. The van der Waals surface area contributed by atoms with Gasteiger partial charge in [-0.1, -0.05) is 13.0 Å². The van der Waals surface area contributed by atoms with Gasteiger partial charge in [0.1, 0.15) is 11.5 Å². The first-order valence-electron chi connectivity index (χ1n) is 8.11. The molecule has 2 aromatic carbocycles. The topological polar surface area (TPSA) is 78.9 Å². The summed E-state index contributed by atoms with van der Waals surface area (Å²) >= 11 is 0. The van der Waals surface area contributed by atoms with Gasteiger partial charge in [-0.3, -0.25) is 4.79 Å². The molecule has 0 amide bonds. The van der Waals surface area contributed by atoms with Crippen LogP contribution in [0.15, 0.2) is 35.2 Å². The third kappa shape index (κ3) is 3.03. The van der Waals surface area contributed by atoms with E-state index >= 15 is 0 Å². The van der Waals surface area contributed by atoms with Crippen LogP contribution >= 0.6 is 0 Å². The van der Waals surface area contributed by atoms with E-state index in [9.17, 15) is 13.2 Å². The molecule has 7 heteroatoms. The first kappa shape index (κ1) is 18.3. The molecule has 1 atom stereocenters. The van der Waals surface area contributed by atoms with Gasteiger partial charge in [0.05, 0.1) is 19.8 Å². The van der Waals surface area contributed by atoms with E-state index in [-0.39, 0.29) is 28.1 Å². The zero-order valence-electron chi connectivity index (χ0n) is 15.0. The Hall–Kier alpha value is -2.54.